The monoisotopic (exact) mass is 156 g/mol. The number of carbonyl (C=O) groups excluding carboxylic acids is 2. The van der Waals surface area contributed by atoms with E-state index >= 15 is 0 Å². The van der Waals surface area contributed by atoms with Crippen molar-refractivity contribution in [2.75, 3.05) is 7.11 Å². The molecule has 0 radical (unpaired) electrons. The second kappa shape index (κ2) is 3.91. The van der Waals surface area contributed by atoms with Crippen molar-refractivity contribution in [3.63, 3.8) is 0 Å². The van der Waals surface area contributed by atoms with E-state index in [-0.39, 0.29) is 5.78 Å². The highest BCUT2D eigenvalue weighted by Gasteiger charge is 2.21. The maximum Gasteiger partial charge on any atom is 0.316 e. The standard InChI is InChI=1S/C8H12O3/c1-5(2)7(9)6(3)8(10)11-4/h6H,1H2,2-4H3. The van der Waals surface area contributed by atoms with Crippen LogP contribution in [0.4, 0.5) is 0 Å². The topological polar surface area (TPSA) is 43.4 Å². The molecule has 1 unspecified atom stereocenters. The molecule has 11 heavy (non-hydrogen) atoms. The third-order valence-corrected chi connectivity index (χ3v) is 1.37. The zero-order valence-electron chi connectivity index (χ0n) is 7.01. The van der Waals surface area contributed by atoms with Gasteiger partial charge in [0.2, 0.25) is 0 Å². The Balaban J connectivity index is 4.25. The molecule has 0 aliphatic rings. The lowest BCUT2D eigenvalue weighted by atomic mass is 10.0. The van der Waals surface area contributed by atoms with Gasteiger partial charge in [0.15, 0.2) is 5.78 Å². The molecule has 0 aromatic carbocycles. The van der Waals surface area contributed by atoms with E-state index in [9.17, 15) is 9.59 Å². The van der Waals surface area contributed by atoms with Crippen LogP contribution in [0.2, 0.25) is 0 Å². The van der Waals surface area contributed by atoms with E-state index in [1.54, 1.807) is 6.92 Å². The lowest BCUT2D eigenvalue weighted by Gasteiger charge is -2.06. The van der Waals surface area contributed by atoms with Crippen LogP contribution in [0.25, 0.3) is 0 Å². The van der Waals surface area contributed by atoms with Gasteiger partial charge in [0.05, 0.1) is 7.11 Å². The summed E-state index contributed by atoms with van der Waals surface area (Å²) in [6.07, 6.45) is 0. The van der Waals surface area contributed by atoms with Gasteiger partial charge in [-0.1, -0.05) is 6.58 Å². The Morgan fingerprint density at radius 3 is 2.18 bits per heavy atom. The largest absolute Gasteiger partial charge is 0.468 e. The highest BCUT2D eigenvalue weighted by molar-refractivity contribution is 6.07. The van der Waals surface area contributed by atoms with E-state index in [2.05, 4.69) is 11.3 Å². The molecule has 0 fully saturated rings. The Kier molecular flexibility index (Phi) is 3.51. The second-order valence-electron chi connectivity index (χ2n) is 2.39. The van der Waals surface area contributed by atoms with Crippen molar-refractivity contribution in [2.45, 2.75) is 13.8 Å². The summed E-state index contributed by atoms with van der Waals surface area (Å²) in [6, 6.07) is 0. The fourth-order valence-corrected chi connectivity index (χ4v) is 0.653. The van der Waals surface area contributed by atoms with Crippen molar-refractivity contribution in [2.24, 2.45) is 5.92 Å². The summed E-state index contributed by atoms with van der Waals surface area (Å²) >= 11 is 0. The summed E-state index contributed by atoms with van der Waals surface area (Å²) in [4.78, 5) is 21.8. The number of hydrogen-bond acceptors (Lipinski definition) is 3. The first kappa shape index (κ1) is 9.88. The number of hydrogen-bond donors (Lipinski definition) is 0. The minimum Gasteiger partial charge on any atom is -0.468 e. The SMILES string of the molecule is C=C(C)C(=O)C(C)C(=O)OC. The quantitative estimate of drug-likeness (QED) is 0.347. The molecule has 3 heteroatoms. The van der Waals surface area contributed by atoms with E-state index in [1.165, 1.54) is 14.0 Å². The van der Waals surface area contributed by atoms with Gasteiger partial charge in [-0.25, -0.2) is 0 Å². The molecule has 0 aliphatic carbocycles. The minimum absolute atomic E-state index is 0.267. The molecule has 0 saturated heterocycles. The Bertz CT molecular complexity index is 194. The molecule has 0 N–H and O–H groups in total. The Morgan fingerprint density at radius 1 is 1.45 bits per heavy atom. The third-order valence-electron chi connectivity index (χ3n) is 1.37. The Hall–Kier alpha value is -1.12. The number of Topliss-reactive ketones (excluding diaryl/α,β-unsaturated/α-hetero) is 1. The van der Waals surface area contributed by atoms with Crippen molar-refractivity contribution >= 4 is 11.8 Å². The maximum atomic E-state index is 11.0. The normalized spacial score (nSPS) is 11.9. The first-order valence-corrected chi connectivity index (χ1v) is 3.28. The van der Waals surface area contributed by atoms with Gasteiger partial charge in [0.25, 0.3) is 0 Å². The summed E-state index contributed by atoms with van der Waals surface area (Å²) in [5, 5.41) is 0. The molecule has 0 bridgehead atoms. The fraction of sp³-hybridized carbons (Fsp3) is 0.500. The van der Waals surface area contributed by atoms with Crippen LogP contribution in [-0.4, -0.2) is 18.9 Å². The van der Waals surface area contributed by atoms with E-state index in [4.69, 9.17) is 0 Å². The molecular weight excluding hydrogens is 144 g/mol. The number of carbonyl (C=O) groups is 2. The molecule has 0 aromatic heterocycles. The zero-order chi connectivity index (χ0) is 9.02. The molecule has 0 aromatic rings. The van der Waals surface area contributed by atoms with Crippen LogP contribution in [0, 0.1) is 5.92 Å². The second-order valence-corrected chi connectivity index (χ2v) is 2.39. The molecule has 0 aliphatic heterocycles. The molecule has 0 amide bonds. The van der Waals surface area contributed by atoms with Crippen LogP contribution < -0.4 is 0 Å². The molecule has 0 spiro atoms. The smallest absolute Gasteiger partial charge is 0.316 e. The maximum absolute atomic E-state index is 11.0. The number of rotatable bonds is 3. The molecule has 62 valence electrons. The fourth-order valence-electron chi connectivity index (χ4n) is 0.653. The van der Waals surface area contributed by atoms with E-state index < -0.39 is 11.9 Å². The van der Waals surface area contributed by atoms with Gasteiger partial charge in [-0.15, -0.1) is 0 Å². The van der Waals surface area contributed by atoms with Crippen LogP contribution in [0.5, 0.6) is 0 Å². The van der Waals surface area contributed by atoms with E-state index in [1.807, 2.05) is 0 Å². The van der Waals surface area contributed by atoms with Crippen molar-refractivity contribution in [1.82, 2.24) is 0 Å². The molecule has 1 atom stereocenters. The van der Waals surface area contributed by atoms with Crippen molar-refractivity contribution in [3.05, 3.63) is 12.2 Å². The van der Waals surface area contributed by atoms with Gasteiger partial charge in [-0.2, -0.15) is 0 Å². The first-order chi connectivity index (χ1) is 5.00. The van der Waals surface area contributed by atoms with Crippen LogP contribution >= 0.6 is 0 Å². The summed E-state index contributed by atoms with van der Waals surface area (Å²) in [5.41, 5.74) is 0.378. The number of ketones is 1. The third kappa shape index (κ3) is 2.53. The summed E-state index contributed by atoms with van der Waals surface area (Å²) in [7, 11) is 1.25. The van der Waals surface area contributed by atoms with E-state index in [0.717, 1.165) is 0 Å². The van der Waals surface area contributed by atoms with Gasteiger partial charge in [-0.3, -0.25) is 9.59 Å². The lowest BCUT2D eigenvalue weighted by Crippen LogP contribution is -2.22. The highest BCUT2D eigenvalue weighted by atomic mass is 16.5. The highest BCUT2D eigenvalue weighted by Crippen LogP contribution is 2.05. The Labute approximate surface area is 66.0 Å². The first-order valence-electron chi connectivity index (χ1n) is 3.28. The van der Waals surface area contributed by atoms with Gasteiger partial charge in [-0.05, 0) is 19.4 Å². The van der Waals surface area contributed by atoms with Gasteiger partial charge >= 0.3 is 5.97 Å². The average molecular weight is 156 g/mol. The van der Waals surface area contributed by atoms with Gasteiger partial charge in [0, 0.05) is 0 Å². The minimum atomic E-state index is -0.725. The number of esters is 1. The number of methoxy groups -OCH3 is 1. The van der Waals surface area contributed by atoms with Crippen LogP contribution in [0.3, 0.4) is 0 Å². The summed E-state index contributed by atoms with van der Waals surface area (Å²) in [6.45, 7) is 6.51. The molecule has 0 rings (SSSR count). The van der Waals surface area contributed by atoms with Crippen molar-refractivity contribution < 1.29 is 14.3 Å². The van der Waals surface area contributed by atoms with Gasteiger partial charge < -0.3 is 4.74 Å². The van der Waals surface area contributed by atoms with Crippen LogP contribution in [0.15, 0.2) is 12.2 Å². The molecule has 0 heterocycles. The van der Waals surface area contributed by atoms with E-state index in [0.29, 0.717) is 5.57 Å². The zero-order valence-corrected chi connectivity index (χ0v) is 7.01. The van der Waals surface area contributed by atoms with Crippen LogP contribution in [-0.2, 0) is 14.3 Å². The summed E-state index contributed by atoms with van der Waals surface area (Å²) in [5.74, 6) is -1.51. The molecule has 3 nitrogen and oxygen atoms in total. The van der Waals surface area contributed by atoms with Crippen molar-refractivity contribution in [1.29, 1.82) is 0 Å². The Morgan fingerprint density at radius 2 is 1.91 bits per heavy atom. The molecule has 0 saturated carbocycles. The summed E-state index contributed by atoms with van der Waals surface area (Å²) < 4.78 is 4.38. The van der Waals surface area contributed by atoms with Crippen LogP contribution in [0.1, 0.15) is 13.8 Å². The number of ether oxygens (including phenoxy) is 1. The van der Waals surface area contributed by atoms with Crippen molar-refractivity contribution in [3.8, 4) is 0 Å². The van der Waals surface area contributed by atoms with Gasteiger partial charge in [0.1, 0.15) is 5.92 Å². The lowest BCUT2D eigenvalue weighted by molar-refractivity contribution is -0.147. The molecular formula is C8H12O3. The predicted molar refractivity (Wildman–Crippen MR) is 41.0 cm³/mol. The predicted octanol–water partition coefficient (Wildman–Crippen LogP) is 0.941. The number of allylic oxidation sites excluding steroid dienone is 1. The average Bonchev–Trinajstić information content (AvgIpc) is 2.00.